The average Bonchev–Trinajstić information content (AvgIpc) is 3.14. The molecule has 1 amide bonds. The number of likely N-dealkylation sites (N-methyl/N-ethyl adjacent to an activating group) is 1. The summed E-state index contributed by atoms with van der Waals surface area (Å²) in [5.41, 5.74) is 0.690. The maximum absolute atomic E-state index is 12.6. The van der Waals surface area contributed by atoms with Crippen molar-refractivity contribution in [3.8, 4) is 5.75 Å². The second kappa shape index (κ2) is 8.06. The fourth-order valence-electron chi connectivity index (χ4n) is 2.86. The highest BCUT2D eigenvalue weighted by Crippen LogP contribution is 2.16. The fourth-order valence-corrected chi connectivity index (χ4v) is 2.86. The van der Waals surface area contributed by atoms with Crippen LogP contribution in [0.5, 0.6) is 5.75 Å². The zero-order valence-electron chi connectivity index (χ0n) is 14.8. The maximum Gasteiger partial charge on any atom is 0.253 e. The van der Waals surface area contributed by atoms with Gasteiger partial charge in [-0.25, -0.2) is 4.68 Å². The lowest BCUT2D eigenvalue weighted by atomic mass is 10.1. The second-order valence-electron chi connectivity index (χ2n) is 5.95. The molecular weight excluding hydrogens is 320 g/mol. The topological polar surface area (TPSA) is 76.4 Å². The van der Waals surface area contributed by atoms with Gasteiger partial charge in [0.1, 0.15) is 12.4 Å². The zero-order chi connectivity index (χ0) is 17.6. The Balaban J connectivity index is 1.56. The maximum atomic E-state index is 12.6. The van der Waals surface area contributed by atoms with Gasteiger partial charge in [0.25, 0.3) is 5.91 Å². The Bertz CT molecular complexity index is 691. The van der Waals surface area contributed by atoms with E-state index < -0.39 is 0 Å². The molecule has 0 aliphatic carbocycles. The normalized spacial score (nSPS) is 15.4. The summed E-state index contributed by atoms with van der Waals surface area (Å²) in [6.45, 7) is 9.60. The Morgan fingerprint density at radius 1 is 1.08 bits per heavy atom. The lowest BCUT2D eigenvalue weighted by Crippen LogP contribution is -2.48. The van der Waals surface area contributed by atoms with Crippen LogP contribution in [0.2, 0.25) is 0 Å². The van der Waals surface area contributed by atoms with Crippen LogP contribution in [0.3, 0.4) is 0 Å². The van der Waals surface area contributed by atoms with Gasteiger partial charge in [0, 0.05) is 38.3 Å². The summed E-state index contributed by atoms with van der Waals surface area (Å²) in [5, 5.41) is 11.4. The highest BCUT2D eigenvalue weighted by Gasteiger charge is 2.21. The van der Waals surface area contributed by atoms with Gasteiger partial charge in [0.2, 0.25) is 0 Å². The predicted molar refractivity (Wildman–Crippen MR) is 92.3 cm³/mol. The smallest absolute Gasteiger partial charge is 0.253 e. The van der Waals surface area contributed by atoms with Gasteiger partial charge in [-0.1, -0.05) is 6.92 Å². The fraction of sp³-hybridized carbons (Fsp3) is 0.529. The molecule has 1 saturated heterocycles. The summed E-state index contributed by atoms with van der Waals surface area (Å²) in [5.74, 6) is 1.45. The third kappa shape index (κ3) is 4.14. The van der Waals surface area contributed by atoms with Crippen LogP contribution in [0.15, 0.2) is 24.3 Å². The van der Waals surface area contributed by atoms with E-state index in [0.717, 1.165) is 32.7 Å². The molecule has 0 bridgehead atoms. The number of carbonyl (C=O) groups excluding carboxylic acids is 1. The molecule has 25 heavy (non-hydrogen) atoms. The lowest BCUT2D eigenvalue weighted by molar-refractivity contribution is 0.0643. The largest absolute Gasteiger partial charge is 0.486 e. The van der Waals surface area contributed by atoms with Crippen molar-refractivity contribution in [3.05, 3.63) is 35.7 Å². The number of tetrazole rings is 1. The summed E-state index contributed by atoms with van der Waals surface area (Å²) in [6, 6.07) is 7.25. The molecule has 0 radical (unpaired) electrons. The Kier molecular flexibility index (Phi) is 5.60. The Labute approximate surface area is 147 Å². The van der Waals surface area contributed by atoms with E-state index in [4.69, 9.17) is 4.74 Å². The van der Waals surface area contributed by atoms with Gasteiger partial charge >= 0.3 is 0 Å². The predicted octanol–water partition coefficient (Wildman–Crippen LogP) is 1.05. The number of piperazine rings is 1. The first-order chi connectivity index (χ1) is 12.2. The molecule has 1 aliphatic heterocycles. The van der Waals surface area contributed by atoms with Crippen LogP contribution in [-0.4, -0.2) is 68.6 Å². The molecule has 2 heterocycles. The SMILES string of the molecule is CCN1CCN(C(=O)c2ccc(OCc3nnnn3CC)cc2)CC1. The molecule has 1 aliphatic rings. The van der Waals surface area contributed by atoms with Crippen LogP contribution in [0.25, 0.3) is 0 Å². The minimum Gasteiger partial charge on any atom is -0.486 e. The van der Waals surface area contributed by atoms with Gasteiger partial charge in [-0.05, 0) is 48.2 Å². The monoisotopic (exact) mass is 344 g/mol. The molecular formula is C17H24N6O2. The molecule has 0 spiro atoms. The van der Waals surface area contributed by atoms with Crippen LogP contribution in [0.1, 0.15) is 30.0 Å². The van der Waals surface area contributed by atoms with Gasteiger partial charge in [-0.3, -0.25) is 4.79 Å². The minimum absolute atomic E-state index is 0.0808. The number of aryl methyl sites for hydroxylation is 1. The van der Waals surface area contributed by atoms with Crippen molar-refractivity contribution in [1.29, 1.82) is 0 Å². The summed E-state index contributed by atoms with van der Waals surface area (Å²) < 4.78 is 7.40. The van der Waals surface area contributed by atoms with E-state index in [1.807, 2.05) is 36.1 Å². The van der Waals surface area contributed by atoms with Crippen LogP contribution in [0, 0.1) is 0 Å². The second-order valence-corrected chi connectivity index (χ2v) is 5.95. The van der Waals surface area contributed by atoms with Crippen molar-refractivity contribution in [1.82, 2.24) is 30.0 Å². The van der Waals surface area contributed by atoms with Crippen molar-refractivity contribution < 1.29 is 9.53 Å². The minimum atomic E-state index is 0.0808. The van der Waals surface area contributed by atoms with E-state index in [1.54, 1.807) is 4.68 Å². The molecule has 0 atom stereocenters. The van der Waals surface area contributed by atoms with Crippen molar-refractivity contribution in [2.75, 3.05) is 32.7 Å². The standard InChI is InChI=1S/C17H24N6O2/c1-3-21-9-11-22(12-10-21)17(24)14-5-7-15(8-6-14)25-13-16-18-19-20-23(16)4-2/h5-8H,3-4,9-13H2,1-2H3. The number of benzene rings is 1. The first-order valence-electron chi connectivity index (χ1n) is 8.70. The van der Waals surface area contributed by atoms with Gasteiger partial charge < -0.3 is 14.5 Å². The number of hydrogen-bond donors (Lipinski definition) is 0. The number of hydrogen-bond acceptors (Lipinski definition) is 6. The number of nitrogens with zero attached hydrogens (tertiary/aromatic N) is 6. The lowest BCUT2D eigenvalue weighted by Gasteiger charge is -2.34. The average molecular weight is 344 g/mol. The number of rotatable bonds is 6. The molecule has 0 unspecified atom stereocenters. The molecule has 0 saturated carbocycles. The Hall–Kier alpha value is -2.48. The Morgan fingerprint density at radius 3 is 2.44 bits per heavy atom. The molecule has 1 aromatic carbocycles. The van der Waals surface area contributed by atoms with E-state index in [0.29, 0.717) is 30.3 Å². The van der Waals surface area contributed by atoms with Crippen molar-refractivity contribution in [2.24, 2.45) is 0 Å². The van der Waals surface area contributed by atoms with Gasteiger partial charge in [-0.2, -0.15) is 0 Å². The van der Waals surface area contributed by atoms with Crippen molar-refractivity contribution >= 4 is 5.91 Å². The van der Waals surface area contributed by atoms with Gasteiger partial charge in [-0.15, -0.1) is 5.10 Å². The quantitative estimate of drug-likeness (QED) is 0.780. The first kappa shape index (κ1) is 17.3. The highest BCUT2D eigenvalue weighted by atomic mass is 16.5. The number of carbonyl (C=O) groups is 1. The third-order valence-electron chi connectivity index (χ3n) is 4.48. The van der Waals surface area contributed by atoms with Gasteiger partial charge in [0.15, 0.2) is 5.82 Å². The van der Waals surface area contributed by atoms with E-state index in [2.05, 4.69) is 27.3 Å². The molecule has 8 nitrogen and oxygen atoms in total. The number of ether oxygens (including phenoxy) is 1. The zero-order valence-corrected chi connectivity index (χ0v) is 14.8. The molecule has 0 N–H and O–H groups in total. The van der Waals surface area contributed by atoms with Crippen molar-refractivity contribution in [3.63, 3.8) is 0 Å². The van der Waals surface area contributed by atoms with Gasteiger partial charge in [0.05, 0.1) is 0 Å². The molecule has 8 heteroatoms. The molecule has 2 aromatic rings. The van der Waals surface area contributed by atoms with E-state index in [9.17, 15) is 4.79 Å². The molecule has 1 fully saturated rings. The van der Waals surface area contributed by atoms with Crippen LogP contribution >= 0.6 is 0 Å². The van der Waals surface area contributed by atoms with Crippen LogP contribution in [-0.2, 0) is 13.2 Å². The van der Waals surface area contributed by atoms with E-state index >= 15 is 0 Å². The first-order valence-corrected chi connectivity index (χ1v) is 8.70. The molecule has 1 aromatic heterocycles. The van der Waals surface area contributed by atoms with Crippen LogP contribution in [0.4, 0.5) is 0 Å². The number of amides is 1. The van der Waals surface area contributed by atoms with Crippen molar-refractivity contribution in [2.45, 2.75) is 27.0 Å². The summed E-state index contributed by atoms with van der Waals surface area (Å²) in [7, 11) is 0. The Morgan fingerprint density at radius 2 is 1.80 bits per heavy atom. The highest BCUT2D eigenvalue weighted by molar-refractivity contribution is 5.94. The third-order valence-corrected chi connectivity index (χ3v) is 4.48. The van der Waals surface area contributed by atoms with E-state index in [1.165, 1.54) is 0 Å². The molecule has 3 rings (SSSR count). The summed E-state index contributed by atoms with van der Waals surface area (Å²) >= 11 is 0. The summed E-state index contributed by atoms with van der Waals surface area (Å²) in [4.78, 5) is 16.8. The molecule has 134 valence electrons. The van der Waals surface area contributed by atoms with Crippen LogP contribution < -0.4 is 4.74 Å². The summed E-state index contributed by atoms with van der Waals surface area (Å²) in [6.07, 6.45) is 0. The van der Waals surface area contributed by atoms with E-state index in [-0.39, 0.29) is 5.91 Å². The number of aromatic nitrogens is 4.